The summed E-state index contributed by atoms with van der Waals surface area (Å²) in [6, 6.07) is 5.99. The number of nitrogens with zero attached hydrogens (tertiary/aromatic N) is 3. The molecule has 2 amide bonds. The van der Waals surface area contributed by atoms with E-state index in [-0.39, 0.29) is 17.9 Å². The van der Waals surface area contributed by atoms with Crippen LogP contribution in [0.25, 0.3) is 0 Å². The van der Waals surface area contributed by atoms with Crippen molar-refractivity contribution < 1.29 is 9.18 Å². The van der Waals surface area contributed by atoms with Crippen LogP contribution in [-0.4, -0.2) is 27.3 Å². The van der Waals surface area contributed by atoms with Crippen LogP contribution in [0.15, 0.2) is 30.6 Å². The molecule has 1 heterocycles. The number of urea groups is 1. The van der Waals surface area contributed by atoms with Crippen LogP contribution in [-0.2, 0) is 12.5 Å². The van der Waals surface area contributed by atoms with Gasteiger partial charge in [0.05, 0.1) is 6.04 Å². The molecule has 0 spiro atoms. The molecule has 0 aliphatic heterocycles. The highest BCUT2D eigenvalue weighted by molar-refractivity contribution is 5.74. The summed E-state index contributed by atoms with van der Waals surface area (Å²) in [5, 5.41) is 13.3. The van der Waals surface area contributed by atoms with Gasteiger partial charge in [0.2, 0.25) is 0 Å². The Morgan fingerprint density at radius 3 is 2.70 bits per heavy atom. The second-order valence-electron chi connectivity index (χ2n) is 6.21. The SMILES string of the molecule is C[C@@H](NC(=O)NCC(C)(C)c1ccccc1F)c1nncn1C. The fourth-order valence-corrected chi connectivity index (χ4v) is 2.40. The average molecular weight is 319 g/mol. The second kappa shape index (κ2) is 6.76. The largest absolute Gasteiger partial charge is 0.337 e. The van der Waals surface area contributed by atoms with Crippen LogP contribution in [0.3, 0.4) is 0 Å². The zero-order valence-electron chi connectivity index (χ0n) is 13.8. The first-order chi connectivity index (χ1) is 10.8. The Hall–Kier alpha value is -2.44. The molecule has 0 aliphatic carbocycles. The van der Waals surface area contributed by atoms with Crippen molar-refractivity contribution in [2.75, 3.05) is 6.54 Å². The van der Waals surface area contributed by atoms with Crippen molar-refractivity contribution >= 4 is 6.03 Å². The van der Waals surface area contributed by atoms with Gasteiger partial charge in [-0.25, -0.2) is 9.18 Å². The normalized spacial score (nSPS) is 12.7. The zero-order chi connectivity index (χ0) is 17.0. The maximum Gasteiger partial charge on any atom is 0.315 e. The van der Waals surface area contributed by atoms with Gasteiger partial charge in [-0.05, 0) is 18.6 Å². The molecule has 0 aliphatic rings. The first-order valence-corrected chi connectivity index (χ1v) is 7.44. The lowest BCUT2D eigenvalue weighted by Crippen LogP contribution is -2.43. The van der Waals surface area contributed by atoms with E-state index in [1.54, 1.807) is 29.1 Å². The summed E-state index contributed by atoms with van der Waals surface area (Å²) in [6.07, 6.45) is 1.58. The van der Waals surface area contributed by atoms with Crippen molar-refractivity contribution in [3.63, 3.8) is 0 Å². The van der Waals surface area contributed by atoms with Crippen molar-refractivity contribution in [2.24, 2.45) is 7.05 Å². The van der Waals surface area contributed by atoms with Crippen LogP contribution in [0.4, 0.5) is 9.18 Å². The molecule has 2 aromatic rings. The lowest BCUT2D eigenvalue weighted by atomic mass is 9.84. The fourth-order valence-electron chi connectivity index (χ4n) is 2.40. The molecule has 1 aromatic carbocycles. The van der Waals surface area contributed by atoms with E-state index in [4.69, 9.17) is 0 Å². The van der Waals surface area contributed by atoms with Crippen LogP contribution in [0.1, 0.15) is 38.2 Å². The second-order valence-corrected chi connectivity index (χ2v) is 6.21. The van der Waals surface area contributed by atoms with Crippen LogP contribution >= 0.6 is 0 Å². The van der Waals surface area contributed by atoms with Gasteiger partial charge in [0, 0.05) is 19.0 Å². The summed E-state index contributed by atoms with van der Waals surface area (Å²) < 4.78 is 15.6. The molecule has 0 unspecified atom stereocenters. The monoisotopic (exact) mass is 319 g/mol. The Bertz CT molecular complexity index is 683. The van der Waals surface area contributed by atoms with Crippen molar-refractivity contribution in [1.29, 1.82) is 0 Å². The maximum atomic E-state index is 13.9. The first-order valence-electron chi connectivity index (χ1n) is 7.44. The number of halogens is 1. The number of aryl methyl sites for hydroxylation is 1. The lowest BCUT2D eigenvalue weighted by molar-refractivity contribution is 0.234. The number of carbonyl (C=O) groups is 1. The molecule has 2 rings (SSSR count). The molecule has 0 fully saturated rings. The number of rotatable bonds is 5. The zero-order valence-corrected chi connectivity index (χ0v) is 13.8. The Morgan fingerprint density at radius 1 is 1.39 bits per heavy atom. The molecule has 1 atom stereocenters. The van der Waals surface area contributed by atoms with E-state index in [1.807, 2.05) is 27.8 Å². The van der Waals surface area contributed by atoms with Gasteiger partial charge in [0.15, 0.2) is 5.82 Å². The smallest absolute Gasteiger partial charge is 0.315 e. The summed E-state index contributed by atoms with van der Waals surface area (Å²) in [4.78, 5) is 12.0. The Balaban J connectivity index is 1.94. The summed E-state index contributed by atoms with van der Waals surface area (Å²) in [5.41, 5.74) is 0.0538. The molecule has 0 saturated heterocycles. The van der Waals surface area contributed by atoms with E-state index in [9.17, 15) is 9.18 Å². The van der Waals surface area contributed by atoms with Gasteiger partial charge in [-0.1, -0.05) is 32.0 Å². The molecular weight excluding hydrogens is 297 g/mol. The lowest BCUT2D eigenvalue weighted by Gasteiger charge is -2.26. The molecule has 7 heteroatoms. The highest BCUT2D eigenvalue weighted by atomic mass is 19.1. The number of nitrogens with one attached hydrogen (secondary N) is 2. The van der Waals surface area contributed by atoms with Crippen molar-refractivity contribution in [3.8, 4) is 0 Å². The molecule has 2 N–H and O–H groups in total. The number of carbonyl (C=O) groups excluding carboxylic acids is 1. The molecule has 6 nitrogen and oxygen atoms in total. The quantitative estimate of drug-likeness (QED) is 0.888. The minimum atomic E-state index is -0.517. The van der Waals surface area contributed by atoms with Crippen molar-refractivity contribution in [1.82, 2.24) is 25.4 Å². The highest BCUT2D eigenvalue weighted by Crippen LogP contribution is 2.24. The van der Waals surface area contributed by atoms with Crippen LogP contribution in [0.2, 0.25) is 0 Å². The molecule has 23 heavy (non-hydrogen) atoms. The van der Waals surface area contributed by atoms with Gasteiger partial charge in [-0.15, -0.1) is 10.2 Å². The Labute approximate surface area is 135 Å². The molecule has 1 aromatic heterocycles. The first kappa shape index (κ1) is 16.9. The number of benzene rings is 1. The standard InChI is InChI=1S/C16H22FN5O/c1-11(14-21-19-10-22(14)4)20-15(23)18-9-16(2,3)12-7-5-6-8-13(12)17/h5-8,10-11H,9H2,1-4H3,(H2,18,20,23)/t11-/m1/s1. The van der Waals surface area contributed by atoms with E-state index in [0.29, 0.717) is 17.9 Å². The van der Waals surface area contributed by atoms with Crippen LogP contribution < -0.4 is 10.6 Å². The summed E-state index contributed by atoms with van der Waals surface area (Å²) in [7, 11) is 1.81. The van der Waals surface area contributed by atoms with Crippen LogP contribution in [0.5, 0.6) is 0 Å². The average Bonchev–Trinajstić information content (AvgIpc) is 2.92. The molecular formula is C16H22FN5O. The maximum absolute atomic E-state index is 13.9. The highest BCUT2D eigenvalue weighted by Gasteiger charge is 2.25. The van der Waals surface area contributed by atoms with E-state index >= 15 is 0 Å². The third-order valence-corrected chi connectivity index (χ3v) is 3.78. The van der Waals surface area contributed by atoms with Gasteiger partial charge < -0.3 is 15.2 Å². The topological polar surface area (TPSA) is 71.8 Å². The summed E-state index contributed by atoms with van der Waals surface area (Å²) >= 11 is 0. The van der Waals surface area contributed by atoms with Gasteiger partial charge in [-0.3, -0.25) is 0 Å². The fraction of sp³-hybridized carbons (Fsp3) is 0.438. The number of hydrogen-bond donors (Lipinski definition) is 2. The summed E-state index contributed by atoms with van der Waals surface area (Å²) in [6.45, 7) is 5.91. The Morgan fingerprint density at radius 2 is 2.09 bits per heavy atom. The minimum absolute atomic E-state index is 0.271. The van der Waals surface area contributed by atoms with E-state index < -0.39 is 5.41 Å². The molecule has 0 saturated carbocycles. The number of amides is 2. The number of aromatic nitrogens is 3. The predicted octanol–water partition coefficient (Wildman–Crippen LogP) is 2.29. The predicted molar refractivity (Wildman–Crippen MR) is 85.4 cm³/mol. The molecule has 124 valence electrons. The summed E-state index contributed by atoms with van der Waals surface area (Å²) in [5.74, 6) is 0.390. The van der Waals surface area contributed by atoms with E-state index in [0.717, 1.165) is 0 Å². The van der Waals surface area contributed by atoms with Gasteiger partial charge in [-0.2, -0.15) is 0 Å². The van der Waals surface area contributed by atoms with Gasteiger partial charge >= 0.3 is 6.03 Å². The minimum Gasteiger partial charge on any atom is -0.337 e. The third-order valence-electron chi connectivity index (χ3n) is 3.78. The third kappa shape index (κ3) is 4.06. The molecule has 0 bridgehead atoms. The van der Waals surface area contributed by atoms with E-state index in [2.05, 4.69) is 20.8 Å². The van der Waals surface area contributed by atoms with E-state index in [1.165, 1.54) is 6.07 Å². The van der Waals surface area contributed by atoms with Gasteiger partial charge in [0.25, 0.3) is 0 Å². The molecule has 0 radical (unpaired) electrons. The van der Waals surface area contributed by atoms with Crippen molar-refractivity contribution in [3.05, 3.63) is 47.8 Å². The Kier molecular flexibility index (Phi) is 4.98. The van der Waals surface area contributed by atoms with Gasteiger partial charge in [0.1, 0.15) is 12.1 Å². The number of hydrogen-bond acceptors (Lipinski definition) is 3. The van der Waals surface area contributed by atoms with Crippen LogP contribution in [0, 0.1) is 5.82 Å². The van der Waals surface area contributed by atoms with Crippen molar-refractivity contribution in [2.45, 2.75) is 32.2 Å².